The van der Waals surface area contributed by atoms with Crippen LogP contribution in [0.25, 0.3) is 0 Å². The number of ether oxygens (including phenoxy) is 1. The lowest BCUT2D eigenvalue weighted by atomic mass is 10.2. The van der Waals surface area contributed by atoms with Crippen LogP contribution in [0.5, 0.6) is 5.75 Å². The highest BCUT2D eigenvalue weighted by molar-refractivity contribution is 6.32. The van der Waals surface area contributed by atoms with Crippen molar-refractivity contribution >= 4 is 23.5 Å². The molecule has 108 valence electrons. The molecule has 2 N–H and O–H groups in total. The zero-order valence-electron chi connectivity index (χ0n) is 10.5. The average Bonchev–Trinajstić information content (AvgIpc) is 2.80. The summed E-state index contributed by atoms with van der Waals surface area (Å²) in [7, 11) is 0. The van der Waals surface area contributed by atoms with E-state index < -0.39 is 24.0 Å². The summed E-state index contributed by atoms with van der Waals surface area (Å²) in [5.41, 5.74) is 0. The number of rotatable bonds is 4. The first-order valence-corrected chi connectivity index (χ1v) is 6.44. The molecule has 1 saturated heterocycles. The van der Waals surface area contributed by atoms with Gasteiger partial charge in [-0.05, 0) is 12.1 Å². The number of hydrogen-bond acceptors (Lipinski definition) is 4. The summed E-state index contributed by atoms with van der Waals surface area (Å²) in [6, 6.07) is 5.68. The highest BCUT2D eigenvalue weighted by Gasteiger charge is 2.38. The number of aliphatic carboxylic acids is 1. The van der Waals surface area contributed by atoms with Gasteiger partial charge in [-0.15, -0.1) is 0 Å². The van der Waals surface area contributed by atoms with E-state index >= 15 is 0 Å². The van der Waals surface area contributed by atoms with E-state index in [1.54, 1.807) is 24.3 Å². The molecule has 1 fully saturated rings. The van der Waals surface area contributed by atoms with Gasteiger partial charge in [0.05, 0.1) is 11.1 Å². The number of halogens is 1. The van der Waals surface area contributed by atoms with Gasteiger partial charge in [-0.25, -0.2) is 4.79 Å². The number of hydrogen-bond donors (Lipinski definition) is 2. The Morgan fingerprint density at radius 1 is 1.40 bits per heavy atom. The number of amides is 1. The van der Waals surface area contributed by atoms with Gasteiger partial charge in [-0.3, -0.25) is 4.79 Å². The van der Waals surface area contributed by atoms with Crippen LogP contribution in [0.4, 0.5) is 0 Å². The molecule has 6 nitrogen and oxygen atoms in total. The number of carbonyl (C=O) groups is 2. The molecule has 0 radical (unpaired) electrons. The lowest BCUT2D eigenvalue weighted by Crippen LogP contribution is -2.42. The van der Waals surface area contributed by atoms with Crippen molar-refractivity contribution in [3.63, 3.8) is 0 Å². The van der Waals surface area contributed by atoms with Gasteiger partial charge < -0.3 is 19.8 Å². The number of benzene rings is 1. The second kappa shape index (κ2) is 6.11. The van der Waals surface area contributed by atoms with E-state index in [0.717, 1.165) is 4.90 Å². The maximum absolute atomic E-state index is 12.0. The maximum atomic E-state index is 12.0. The Kier molecular flexibility index (Phi) is 4.46. The number of carboxylic acids is 1. The van der Waals surface area contributed by atoms with E-state index in [-0.39, 0.29) is 19.6 Å². The van der Waals surface area contributed by atoms with Gasteiger partial charge in [0.25, 0.3) is 5.91 Å². The number of aliphatic hydroxyl groups is 1. The summed E-state index contributed by atoms with van der Waals surface area (Å²) in [5, 5.41) is 18.9. The summed E-state index contributed by atoms with van der Waals surface area (Å²) in [6.45, 7) is -0.318. The summed E-state index contributed by atoms with van der Waals surface area (Å²) < 4.78 is 5.28. The zero-order valence-corrected chi connectivity index (χ0v) is 11.3. The van der Waals surface area contributed by atoms with Crippen molar-refractivity contribution in [2.75, 3.05) is 13.2 Å². The van der Waals surface area contributed by atoms with E-state index in [1.165, 1.54) is 0 Å². The van der Waals surface area contributed by atoms with Crippen LogP contribution in [-0.4, -0.2) is 52.3 Å². The molecule has 20 heavy (non-hydrogen) atoms. The van der Waals surface area contributed by atoms with Crippen LogP contribution in [-0.2, 0) is 9.59 Å². The molecule has 1 amide bonds. The number of β-amino-alcohol motifs (C(OH)–C–C–N with tert-alkyl or cyclic N) is 1. The van der Waals surface area contributed by atoms with Crippen molar-refractivity contribution in [3.05, 3.63) is 29.3 Å². The Bertz CT molecular complexity index is 521. The van der Waals surface area contributed by atoms with Gasteiger partial charge in [0.1, 0.15) is 11.8 Å². The second-order valence-corrected chi connectivity index (χ2v) is 4.92. The van der Waals surface area contributed by atoms with Crippen molar-refractivity contribution < 1.29 is 24.5 Å². The van der Waals surface area contributed by atoms with E-state index in [9.17, 15) is 14.7 Å². The smallest absolute Gasteiger partial charge is 0.326 e. The van der Waals surface area contributed by atoms with Crippen LogP contribution in [0, 0.1) is 0 Å². The first kappa shape index (κ1) is 14.6. The van der Waals surface area contributed by atoms with Crippen LogP contribution in [0.15, 0.2) is 24.3 Å². The third-order valence-electron chi connectivity index (χ3n) is 3.07. The summed E-state index contributed by atoms with van der Waals surface area (Å²) in [5.74, 6) is -1.27. The molecule has 1 heterocycles. The molecule has 2 unspecified atom stereocenters. The fourth-order valence-electron chi connectivity index (χ4n) is 2.11. The van der Waals surface area contributed by atoms with Gasteiger partial charge in [-0.2, -0.15) is 0 Å². The van der Waals surface area contributed by atoms with Crippen molar-refractivity contribution in [1.29, 1.82) is 0 Å². The number of nitrogens with zero attached hydrogens (tertiary/aromatic N) is 1. The minimum absolute atomic E-state index is 0.00167. The molecule has 0 bridgehead atoms. The standard InChI is InChI=1S/C13H14ClNO5/c14-9-3-1-2-4-11(9)20-7-12(17)15-6-8(16)5-10(15)13(18)19/h1-4,8,10,16H,5-7H2,(H,18,19). The number of likely N-dealkylation sites (tertiary alicyclic amines) is 1. The molecular weight excluding hydrogens is 286 g/mol. The predicted octanol–water partition coefficient (Wildman–Crippen LogP) is 0.765. The molecular formula is C13H14ClNO5. The Morgan fingerprint density at radius 3 is 2.75 bits per heavy atom. The average molecular weight is 300 g/mol. The monoisotopic (exact) mass is 299 g/mol. The minimum Gasteiger partial charge on any atom is -0.482 e. The molecule has 1 aliphatic heterocycles. The molecule has 1 aromatic rings. The Labute approximate surface area is 120 Å². The van der Waals surface area contributed by atoms with Crippen molar-refractivity contribution in [3.8, 4) is 5.75 Å². The van der Waals surface area contributed by atoms with E-state index in [0.29, 0.717) is 10.8 Å². The highest BCUT2D eigenvalue weighted by atomic mass is 35.5. The van der Waals surface area contributed by atoms with Gasteiger partial charge >= 0.3 is 5.97 Å². The molecule has 2 rings (SSSR count). The van der Waals surface area contributed by atoms with Crippen molar-refractivity contribution in [2.45, 2.75) is 18.6 Å². The highest BCUT2D eigenvalue weighted by Crippen LogP contribution is 2.24. The van der Waals surface area contributed by atoms with E-state index in [2.05, 4.69) is 0 Å². The third-order valence-corrected chi connectivity index (χ3v) is 3.38. The molecule has 2 atom stereocenters. The molecule has 7 heteroatoms. The van der Waals surface area contributed by atoms with Gasteiger partial charge in [0.2, 0.25) is 0 Å². The van der Waals surface area contributed by atoms with Crippen LogP contribution in [0.1, 0.15) is 6.42 Å². The maximum Gasteiger partial charge on any atom is 0.326 e. The third kappa shape index (κ3) is 3.20. The normalized spacial score (nSPS) is 21.8. The SMILES string of the molecule is O=C(O)C1CC(O)CN1C(=O)COc1ccccc1Cl. The zero-order chi connectivity index (χ0) is 14.7. The predicted molar refractivity (Wildman–Crippen MR) is 70.7 cm³/mol. The molecule has 0 spiro atoms. The Balaban J connectivity index is 1.98. The topological polar surface area (TPSA) is 87.1 Å². The molecule has 0 aliphatic carbocycles. The van der Waals surface area contributed by atoms with E-state index in [4.69, 9.17) is 21.4 Å². The fourth-order valence-corrected chi connectivity index (χ4v) is 2.30. The summed E-state index contributed by atoms with van der Waals surface area (Å²) in [6.07, 6.45) is -0.784. The van der Waals surface area contributed by atoms with E-state index in [1.807, 2.05) is 0 Å². The summed E-state index contributed by atoms with van der Waals surface area (Å²) in [4.78, 5) is 24.1. The molecule has 0 saturated carbocycles. The number of carboxylic acid groups (broad SMARTS) is 1. The van der Waals surface area contributed by atoms with Gasteiger partial charge in [-0.1, -0.05) is 23.7 Å². The van der Waals surface area contributed by atoms with Crippen LogP contribution in [0.2, 0.25) is 5.02 Å². The van der Waals surface area contributed by atoms with Gasteiger partial charge in [0.15, 0.2) is 6.61 Å². The number of aliphatic hydroxyl groups excluding tert-OH is 1. The first-order valence-electron chi connectivity index (χ1n) is 6.06. The molecule has 1 aliphatic rings. The lowest BCUT2D eigenvalue weighted by Gasteiger charge is -2.21. The Hall–Kier alpha value is -1.79. The van der Waals surface area contributed by atoms with Gasteiger partial charge in [0, 0.05) is 13.0 Å². The Morgan fingerprint density at radius 2 is 2.10 bits per heavy atom. The van der Waals surface area contributed by atoms with Crippen LogP contribution >= 0.6 is 11.6 Å². The second-order valence-electron chi connectivity index (χ2n) is 4.51. The number of carbonyl (C=O) groups excluding carboxylic acids is 1. The van der Waals surface area contributed by atoms with Crippen molar-refractivity contribution in [1.82, 2.24) is 4.90 Å². The van der Waals surface area contributed by atoms with Crippen LogP contribution in [0.3, 0.4) is 0 Å². The fraction of sp³-hybridized carbons (Fsp3) is 0.385. The lowest BCUT2D eigenvalue weighted by molar-refractivity contribution is -0.148. The molecule has 0 aromatic heterocycles. The summed E-state index contributed by atoms with van der Waals surface area (Å²) >= 11 is 5.89. The van der Waals surface area contributed by atoms with Crippen LogP contribution < -0.4 is 4.74 Å². The molecule has 1 aromatic carbocycles. The van der Waals surface area contributed by atoms with Crippen molar-refractivity contribution in [2.24, 2.45) is 0 Å². The first-order chi connectivity index (χ1) is 9.49. The quantitative estimate of drug-likeness (QED) is 0.857. The largest absolute Gasteiger partial charge is 0.482 e. The minimum atomic E-state index is -1.13. The number of para-hydroxylation sites is 1.